The maximum Gasteiger partial charge on any atom is 0.407 e. The molecule has 0 saturated carbocycles. The smallest absolute Gasteiger partial charge is 0.407 e. The van der Waals surface area contributed by atoms with Crippen molar-refractivity contribution >= 4 is 29.5 Å². The van der Waals surface area contributed by atoms with Crippen LogP contribution < -0.4 is 20.7 Å². The minimum absolute atomic E-state index is 0.107. The average molecular weight is 708 g/mol. The molecule has 5 aromatic rings. The summed E-state index contributed by atoms with van der Waals surface area (Å²) in [5.74, 6) is -0.742. The predicted molar refractivity (Wildman–Crippen MR) is 197 cm³/mol. The lowest BCUT2D eigenvalue weighted by molar-refractivity contribution is -0.121. The number of carbonyl (C=O) groups excluding carboxylic acids is 3. The molecule has 3 N–H and O–H groups in total. The van der Waals surface area contributed by atoms with Gasteiger partial charge in [-0.3, -0.25) is 14.9 Å². The van der Waals surface area contributed by atoms with Crippen LogP contribution in [0.2, 0.25) is 5.02 Å². The maximum absolute atomic E-state index is 14.1. The van der Waals surface area contributed by atoms with Crippen molar-refractivity contribution in [1.82, 2.24) is 16.0 Å². The topological polar surface area (TPSA) is 106 Å². The van der Waals surface area contributed by atoms with E-state index in [0.717, 1.165) is 16.7 Å². The van der Waals surface area contributed by atoms with Crippen LogP contribution in [0.3, 0.4) is 0 Å². The Morgan fingerprint density at radius 2 is 1.53 bits per heavy atom. The van der Waals surface area contributed by atoms with Crippen LogP contribution in [0.1, 0.15) is 49.2 Å². The number of imide groups is 1. The van der Waals surface area contributed by atoms with E-state index in [1.54, 1.807) is 88.4 Å². The van der Waals surface area contributed by atoms with Crippen LogP contribution in [0.15, 0.2) is 115 Å². The zero-order valence-electron chi connectivity index (χ0n) is 28.8. The molecule has 10 heteroatoms. The van der Waals surface area contributed by atoms with Gasteiger partial charge >= 0.3 is 6.09 Å². The fourth-order valence-corrected chi connectivity index (χ4v) is 5.36. The van der Waals surface area contributed by atoms with Gasteiger partial charge in [0.1, 0.15) is 22.9 Å². The lowest BCUT2D eigenvalue weighted by Crippen LogP contribution is -2.44. The first-order valence-electron chi connectivity index (χ1n) is 16.4. The van der Waals surface area contributed by atoms with Gasteiger partial charge in [-0.25, -0.2) is 9.18 Å². The number of ether oxygens (including phenoxy) is 2. The van der Waals surface area contributed by atoms with Crippen LogP contribution in [0.5, 0.6) is 11.5 Å². The van der Waals surface area contributed by atoms with Crippen molar-refractivity contribution in [2.24, 2.45) is 0 Å². The first-order chi connectivity index (χ1) is 24.4. The van der Waals surface area contributed by atoms with E-state index in [2.05, 4.69) is 16.0 Å². The van der Waals surface area contributed by atoms with E-state index in [1.165, 1.54) is 6.07 Å². The Bertz CT molecular complexity index is 2030. The largest absolute Gasteiger partial charge is 0.457 e. The lowest BCUT2D eigenvalue weighted by atomic mass is 9.93. The van der Waals surface area contributed by atoms with E-state index >= 15 is 0 Å². The molecule has 0 saturated heterocycles. The highest BCUT2D eigenvalue weighted by Crippen LogP contribution is 2.39. The Labute approximate surface area is 302 Å². The molecule has 0 heterocycles. The molecule has 0 radical (unpaired) electrons. The molecule has 1 atom stereocenters. The van der Waals surface area contributed by atoms with Gasteiger partial charge in [-0.1, -0.05) is 78.3 Å². The minimum atomic E-state index is -0.799. The molecule has 0 fully saturated rings. The van der Waals surface area contributed by atoms with Crippen molar-refractivity contribution in [3.05, 3.63) is 143 Å². The number of rotatable bonds is 11. The Hall–Kier alpha value is -5.51. The van der Waals surface area contributed by atoms with Crippen LogP contribution >= 0.6 is 11.6 Å². The summed E-state index contributed by atoms with van der Waals surface area (Å²) < 4.78 is 25.9. The molecule has 0 aromatic heterocycles. The first-order valence-corrected chi connectivity index (χ1v) is 16.8. The fraction of sp³-hybridized carbons (Fsp3) is 0.195. The van der Waals surface area contributed by atoms with Crippen LogP contribution in [0.25, 0.3) is 22.3 Å². The predicted octanol–water partition coefficient (Wildman–Crippen LogP) is 9.06. The average Bonchev–Trinajstić information content (AvgIpc) is 3.10. The molecule has 51 heavy (non-hydrogen) atoms. The van der Waals surface area contributed by atoms with Crippen molar-refractivity contribution in [3.8, 4) is 33.8 Å². The van der Waals surface area contributed by atoms with Crippen LogP contribution in [-0.4, -0.2) is 29.6 Å². The van der Waals surface area contributed by atoms with Gasteiger partial charge in [-0.05, 0) is 92.4 Å². The van der Waals surface area contributed by atoms with Gasteiger partial charge in [0.25, 0.3) is 5.91 Å². The molecule has 1 unspecified atom stereocenters. The molecule has 3 amide bonds. The molecule has 5 aromatic carbocycles. The number of amides is 3. The third-order valence-corrected chi connectivity index (χ3v) is 7.99. The van der Waals surface area contributed by atoms with E-state index in [-0.39, 0.29) is 24.5 Å². The SMILES string of the molecule is CC(NCc1ccccc1F)C(=O)NC(=O)c1ccc(-c2ccccc2)cc1-c1ccc(Cl)cc1Oc1cccc(CNC(=O)OC(C)(C)C)c1. The summed E-state index contributed by atoms with van der Waals surface area (Å²) in [5, 5.41) is 8.63. The molecule has 0 aliphatic rings. The van der Waals surface area contributed by atoms with Gasteiger partial charge in [0.15, 0.2) is 0 Å². The molecule has 0 spiro atoms. The van der Waals surface area contributed by atoms with Crippen molar-refractivity contribution in [1.29, 1.82) is 0 Å². The van der Waals surface area contributed by atoms with Crippen molar-refractivity contribution < 1.29 is 28.2 Å². The summed E-state index contributed by atoms with van der Waals surface area (Å²) in [6, 6.07) is 32.8. The molecule has 8 nitrogen and oxygen atoms in total. The molecule has 262 valence electrons. The number of alkyl carbamates (subject to hydrolysis) is 1. The molecular formula is C41H39ClFN3O5. The Morgan fingerprint density at radius 3 is 2.27 bits per heavy atom. The first kappa shape index (κ1) is 36.8. The number of carbonyl (C=O) groups is 3. The fourth-order valence-electron chi connectivity index (χ4n) is 5.20. The minimum Gasteiger partial charge on any atom is -0.457 e. The van der Waals surface area contributed by atoms with Gasteiger partial charge in [0, 0.05) is 40.9 Å². The van der Waals surface area contributed by atoms with Crippen LogP contribution in [0.4, 0.5) is 9.18 Å². The van der Waals surface area contributed by atoms with Gasteiger partial charge in [0.05, 0.1) is 6.04 Å². The number of hydrogen-bond acceptors (Lipinski definition) is 6. The Balaban J connectivity index is 1.43. The standard InChI is InChI=1S/C41H39ClFN3O5/c1-26(44-25-30-14-8-9-16-36(30)43)38(47)46-39(48)34-19-17-29(28-12-6-5-7-13-28)22-35(34)33-20-18-31(42)23-37(33)50-32-15-10-11-27(21-32)24-45-40(49)51-41(2,3)4/h5-23,26,44H,24-25H2,1-4H3,(H,45,49)(H,46,47,48). The summed E-state index contributed by atoms with van der Waals surface area (Å²) in [5.41, 5.74) is 3.59. The number of halogens is 2. The van der Waals surface area contributed by atoms with Gasteiger partial charge in [-0.2, -0.15) is 0 Å². The Kier molecular flexibility index (Phi) is 11.9. The molecule has 0 aliphatic carbocycles. The second kappa shape index (κ2) is 16.5. The van der Waals surface area contributed by atoms with E-state index in [0.29, 0.717) is 33.2 Å². The number of benzene rings is 5. The molecule has 5 rings (SSSR count). The second-order valence-electron chi connectivity index (χ2n) is 12.9. The zero-order valence-corrected chi connectivity index (χ0v) is 29.5. The number of hydrogen-bond donors (Lipinski definition) is 3. The molecule has 0 aliphatic heterocycles. The van der Waals surface area contributed by atoms with Crippen molar-refractivity contribution in [2.45, 2.75) is 52.4 Å². The van der Waals surface area contributed by atoms with Gasteiger partial charge in [0.2, 0.25) is 5.91 Å². The quantitative estimate of drug-likeness (QED) is 0.127. The van der Waals surface area contributed by atoms with Crippen molar-refractivity contribution in [2.75, 3.05) is 0 Å². The van der Waals surface area contributed by atoms with E-state index in [4.69, 9.17) is 21.1 Å². The zero-order chi connectivity index (χ0) is 36.5. The lowest BCUT2D eigenvalue weighted by Gasteiger charge is -2.20. The van der Waals surface area contributed by atoms with Gasteiger partial charge in [-0.15, -0.1) is 0 Å². The highest BCUT2D eigenvalue weighted by Gasteiger charge is 2.22. The Morgan fingerprint density at radius 1 is 0.784 bits per heavy atom. The highest BCUT2D eigenvalue weighted by atomic mass is 35.5. The summed E-state index contributed by atoms with van der Waals surface area (Å²) in [4.78, 5) is 39.2. The highest BCUT2D eigenvalue weighted by molar-refractivity contribution is 6.30. The monoisotopic (exact) mass is 707 g/mol. The van der Waals surface area contributed by atoms with E-state index in [9.17, 15) is 18.8 Å². The third-order valence-electron chi connectivity index (χ3n) is 7.75. The summed E-state index contributed by atoms with van der Waals surface area (Å²) in [7, 11) is 0. The normalized spacial score (nSPS) is 11.7. The molecule has 0 bridgehead atoms. The van der Waals surface area contributed by atoms with Crippen molar-refractivity contribution in [3.63, 3.8) is 0 Å². The second-order valence-corrected chi connectivity index (χ2v) is 13.3. The van der Waals surface area contributed by atoms with E-state index < -0.39 is 29.6 Å². The summed E-state index contributed by atoms with van der Waals surface area (Å²) in [6.45, 7) is 7.29. The van der Waals surface area contributed by atoms with Crippen LogP contribution in [0, 0.1) is 5.82 Å². The number of nitrogens with one attached hydrogen (secondary N) is 3. The van der Waals surface area contributed by atoms with E-state index in [1.807, 2.05) is 48.5 Å². The van der Waals surface area contributed by atoms with Gasteiger partial charge < -0.3 is 20.1 Å². The summed E-state index contributed by atoms with van der Waals surface area (Å²) in [6.07, 6.45) is -0.538. The maximum atomic E-state index is 14.1. The molecular weight excluding hydrogens is 669 g/mol. The third kappa shape index (κ3) is 10.3. The van der Waals surface area contributed by atoms with Crippen LogP contribution in [-0.2, 0) is 22.6 Å². The summed E-state index contributed by atoms with van der Waals surface area (Å²) >= 11 is 6.46.